The molecule has 0 radical (unpaired) electrons. The summed E-state index contributed by atoms with van der Waals surface area (Å²) in [5.41, 5.74) is 2.38. The highest BCUT2D eigenvalue weighted by Gasteiger charge is 2.34. The molecule has 0 spiro atoms. The molecule has 2 aliphatic rings. The van der Waals surface area contributed by atoms with Gasteiger partial charge in [-0.05, 0) is 26.3 Å². The van der Waals surface area contributed by atoms with E-state index in [0.717, 1.165) is 5.84 Å². The molecular weight excluding hydrogens is 266 g/mol. The number of nitrogens with one attached hydrogen (secondary N) is 1. The summed E-state index contributed by atoms with van der Waals surface area (Å²) >= 11 is 0. The molecule has 2 unspecified atom stereocenters. The maximum Gasteiger partial charge on any atom is 0.214 e. The van der Waals surface area contributed by atoms with Crippen LogP contribution in [0.2, 0.25) is 0 Å². The summed E-state index contributed by atoms with van der Waals surface area (Å²) in [5.74, 6) is 0.697. The van der Waals surface area contributed by atoms with Crippen molar-refractivity contribution in [3.05, 3.63) is 11.3 Å². The lowest BCUT2D eigenvalue weighted by Crippen LogP contribution is -2.40. The van der Waals surface area contributed by atoms with Crippen LogP contribution in [0.3, 0.4) is 0 Å². The monoisotopic (exact) mass is 287 g/mol. The first-order valence-electron chi connectivity index (χ1n) is 6.46. The molecule has 108 valence electrons. The molecule has 0 aliphatic carbocycles. The summed E-state index contributed by atoms with van der Waals surface area (Å²) in [6, 6.07) is 0.0241. The Hall–Kier alpha value is -0.920. The predicted molar refractivity (Wildman–Crippen MR) is 74.4 cm³/mol. The summed E-state index contributed by atoms with van der Waals surface area (Å²) in [6.07, 6.45) is 0.688. The third-order valence-electron chi connectivity index (χ3n) is 3.73. The fourth-order valence-corrected chi connectivity index (χ4v) is 3.66. The third kappa shape index (κ3) is 2.98. The van der Waals surface area contributed by atoms with Crippen LogP contribution in [0.25, 0.3) is 0 Å². The first-order chi connectivity index (χ1) is 8.84. The molecule has 1 fully saturated rings. The van der Waals surface area contributed by atoms with Crippen molar-refractivity contribution in [2.75, 3.05) is 18.9 Å². The molecule has 0 aromatic carbocycles. The minimum atomic E-state index is -3.40. The van der Waals surface area contributed by atoms with Gasteiger partial charge in [0.2, 0.25) is 10.0 Å². The number of hydrogen-bond acceptors (Lipinski definition) is 5. The van der Waals surface area contributed by atoms with Gasteiger partial charge in [0.15, 0.2) is 0 Å². The highest BCUT2D eigenvalue weighted by Crippen LogP contribution is 2.31. The van der Waals surface area contributed by atoms with Crippen LogP contribution in [0.15, 0.2) is 16.3 Å². The van der Waals surface area contributed by atoms with Crippen LogP contribution in [0.5, 0.6) is 0 Å². The van der Waals surface area contributed by atoms with Crippen LogP contribution < -0.4 is 4.72 Å². The number of fused-ring (bicyclic) bond motifs is 1. The third-order valence-corrected chi connectivity index (χ3v) is 5.14. The summed E-state index contributed by atoms with van der Waals surface area (Å²) in [6.45, 7) is 6.30. The minimum absolute atomic E-state index is 0.142. The van der Waals surface area contributed by atoms with Gasteiger partial charge >= 0.3 is 0 Å². The van der Waals surface area contributed by atoms with Crippen LogP contribution in [0.4, 0.5) is 0 Å². The Bertz CT molecular complexity index is 524. The topological polar surface area (TPSA) is 82.0 Å². The number of sulfonamides is 1. The quantitative estimate of drug-likeness (QED) is 0.766. The first kappa shape index (κ1) is 14.5. The molecule has 0 aromatic heterocycles. The maximum absolute atomic E-state index is 11.7. The molecule has 2 atom stereocenters. The van der Waals surface area contributed by atoms with Crippen LogP contribution in [-0.2, 0) is 10.0 Å². The second-order valence-corrected chi connectivity index (χ2v) is 7.03. The van der Waals surface area contributed by atoms with E-state index in [-0.39, 0.29) is 24.4 Å². The smallest absolute Gasteiger partial charge is 0.214 e. The minimum Gasteiger partial charge on any atom is -0.395 e. The molecular formula is C12H21N3O3S. The summed E-state index contributed by atoms with van der Waals surface area (Å²) in [7, 11) is -3.40. The largest absolute Gasteiger partial charge is 0.395 e. The van der Waals surface area contributed by atoms with Gasteiger partial charge in [-0.3, -0.25) is 4.99 Å². The van der Waals surface area contributed by atoms with Crippen molar-refractivity contribution < 1.29 is 13.5 Å². The van der Waals surface area contributed by atoms with E-state index in [1.54, 1.807) is 0 Å². The standard InChI is InChI=1S/C12H21N3O3S/c1-8-9(2)13-10(3)15-7-11(6-12(8)15)14-19(17,18)5-4-16/h9,11,14,16H,4-7H2,1-3H3. The van der Waals surface area contributed by atoms with Crippen LogP contribution in [0.1, 0.15) is 27.2 Å². The number of rotatable bonds is 4. The van der Waals surface area contributed by atoms with Crippen molar-refractivity contribution in [3.8, 4) is 0 Å². The zero-order valence-electron chi connectivity index (χ0n) is 11.5. The van der Waals surface area contributed by atoms with Crippen molar-refractivity contribution in [1.82, 2.24) is 9.62 Å². The second kappa shape index (κ2) is 5.22. The van der Waals surface area contributed by atoms with Crippen molar-refractivity contribution in [1.29, 1.82) is 0 Å². The molecule has 2 aliphatic heterocycles. The highest BCUT2D eigenvalue weighted by molar-refractivity contribution is 7.89. The average molecular weight is 287 g/mol. The van der Waals surface area contributed by atoms with E-state index in [1.807, 2.05) is 20.8 Å². The lowest BCUT2D eigenvalue weighted by Gasteiger charge is -2.28. The molecule has 0 aromatic rings. The Balaban J connectivity index is 2.13. The van der Waals surface area contributed by atoms with Gasteiger partial charge in [-0.15, -0.1) is 0 Å². The van der Waals surface area contributed by atoms with E-state index in [9.17, 15) is 8.42 Å². The van der Waals surface area contributed by atoms with Gasteiger partial charge in [0.25, 0.3) is 0 Å². The maximum atomic E-state index is 11.7. The fraction of sp³-hybridized carbons (Fsp3) is 0.750. The molecule has 2 heterocycles. The van der Waals surface area contributed by atoms with Crippen molar-refractivity contribution in [3.63, 3.8) is 0 Å². The van der Waals surface area contributed by atoms with E-state index in [0.29, 0.717) is 13.0 Å². The predicted octanol–water partition coefficient (Wildman–Crippen LogP) is 0.0669. The molecule has 6 nitrogen and oxygen atoms in total. The zero-order valence-corrected chi connectivity index (χ0v) is 12.4. The summed E-state index contributed by atoms with van der Waals surface area (Å²) in [4.78, 5) is 6.63. The summed E-state index contributed by atoms with van der Waals surface area (Å²) < 4.78 is 26.0. The Morgan fingerprint density at radius 3 is 2.79 bits per heavy atom. The van der Waals surface area contributed by atoms with Crippen molar-refractivity contribution >= 4 is 15.9 Å². The molecule has 19 heavy (non-hydrogen) atoms. The lowest BCUT2D eigenvalue weighted by atomic mass is 10.0. The van der Waals surface area contributed by atoms with Crippen molar-refractivity contribution in [2.45, 2.75) is 39.3 Å². The van der Waals surface area contributed by atoms with E-state index in [4.69, 9.17) is 5.11 Å². The molecule has 7 heteroatoms. The van der Waals surface area contributed by atoms with Crippen LogP contribution in [0, 0.1) is 0 Å². The van der Waals surface area contributed by atoms with Gasteiger partial charge in [-0.2, -0.15) is 0 Å². The van der Waals surface area contributed by atoms with Gasteiger partial charge in [-0.1, -0.05) is 0 Å². The van der Waals surface area contributed by atoms with Gasteiger partial charge < -0.3 is 10.0 Å². The van der Waals surface area contributed by atoms with E-state index >= 15 is 0 Å². The Labute approximate surface area is 114 Å². The fourth-order valence-electron chi connectivity index (χ4n) is 2.64. The molecule has 2 N–H and O–H groups in total. The SMILES string of the molecule is CC1=NC(C)C(C)=C2CC(NS(=O)(=O)CCO)CN12. The number of nitrogens with zero attached hydrogens (tertiary/aromatic N) is 2. The number of aliphatic hydroxyl groups is 1. The highest BCUT2D eigenvalue weighted by atomic mass is 32.2. The molecule has 0 amide bonds. The lowest BCUT2D eigenvalue weighted by molar-refractivity contribution is 0.319. The van der Waals surface area contributed by atoms with Crippen LogP contribution >= 0.6 is 0 Å². The second-order valence-electron chi connectivity index (χ2n) is 5.15. The Morgan fingerprint density at radius 2 is 2.16 bits per heavy atom. The first-order valence-corrected chi connectivity index (χ1v) is 8.11. The Kier molecular flexibility index (Phi) is 3.98. The molecule has 1 saturated heterocycles. The van der Waals surface area contributed by atoms with Gasteiger partial charge in [0.1, 0.15) is 5.84 Å². The van der Waals surface area contributed by atoms with E-state index in [1.165, 1.54) is 11.3 Å². The number of amidine groups is 1. The molecule has 0 bridgehead atoms. The van der Waals surface area contributed by atoms with Gasteiger partial charge in [-0.25, -0.2) is 13.1 Å². The summed E-state index contributed by atoms with van der Waals surface area (Å²) in [5, 5.41) is 8.74. The van der Waals surface area contributed by atoms with Gasteiger partial charge in [0.05, 0.1) is 18.4 Å². The number of aliphatic imine (C=N–C) groups is 1. The zero-order chi connectivity index (χ0) is 14.2. The normalized spacial score (nSPS) is 27.6. The molecule has 0 saturated carbocycles. The number of aliphatic hydroxyl groups excluding tert-OH is 1. The Morgan fingerprint density at radius 1 is 1.47 bits per heavy atom. The average Bonchev–Trinajstić information content (AvgIpc) is 2.69. The van der Waals surface area contributed by atoms with E-state index < -0.39 is 10.0 Å². The molecule has 2 rings (SSSR count). The van der Waals surface area contributed by atoms with Gasteiger partial charge in [0, 0.05) is 24.7 Å². The van der Waals surface area contributed by atoms with E-state index in [2.05, 4.69) is 14.6 Å². The van der Waals surface area contributed by atoms with Crippen molar-refractivity contribution in [2.24, 2.45) is 4.99 Å². The van der Waals surface area contributed by atoms with Crippen LogP contribution in [-0.4, -0.2) is 55.2 Å². The number of hydrogen-bond donors (Lipinski definition) is 2.